The number of aliphatic hydroxyl groups is 1. The Balaban J connectivity index is 2.37. The van der Waals surface area contributed by atoms with Crippen LogP contribution in [0.1, 0.15) is 39.0 Å². The van der Waals surface area contributed by atoms with E-state index in [-0.39, 0.29) is 5.41 Å². The first-order valence-corrected chi connectivity index (χ1v) is 5.01. The van der Waals surface area contributed by atoms with E-state index in [1.165, 1.54) is 19.3 Å². The van der Waals surface area contributed by atoms with Crippen molar-refractivity contribution in [2.45, 2.75) is 39.0 Å². The lowest BCUT2D eigenvalue weighted by Crippen LogP contribution is -2.33. The predicted molar refractivity (Wildman–Crippen MR) is 49.1 cm³/mol. The molecule has 0 atom stereocenters. The molecule has 0 saturated heterocycles. The third-order valence-corrected chi connectivity index (χ3v) is 2.86. The van der Waals surface area contributed by atoms with Crippen molar-refractivity contribution in [3.63, 3.8) is 0 Å². The van der Waals surface area contributed by atoms with Crippen molar-refractivity contribution in [3.8, 4) is 0 Å². The van der Waals surface area contributed by atoms with Crippen LogP contribution in [0.2, 0.25) is 0 Å². The third-order valence-electron chi connectivity index (χ3n) is 2.86. The standard InChI is InChI=1S/C10H20O2/c1-2-12-9-10(8-11)6-4-3-5-7-10/h11H,2-9H2,1H3. The van der Waals surface area contributed by atoms with Crippen LogP contribution in [0.25, 0.3) is 0 Å². The maximum atomic E-state index is 9.29. The fourth-order valence-corrected chi connectivity index (χ4v) is 1.97. The molecule has 72 valence electrons. The van der Waals surface area contributed by atoms with Gasteiger partial charge in [0.05, 0.1) is 13.2 Å². The van der Waals surface area contributed by atoms with Crippen molar-refractivity contribution in [3.05, 3.63) is 0 Å². The van der Waals surface area contributed by atoms with Crippen molar-refractivity contribution in [1.82, 2.24) is 0 Å². The molecule has 0 spiro atoms. The average Bonchev–Trinajstić information content (AvgIpc) is 2.16. The molecule has 2 nitrogen and oxygen atoms in total. The van der Waals surface area contributed by atoms with Gasteiger partial charge in [-0.2, -0.15) is 0 Å². The summed E-state index contributed by atoms with van der Waals surface area (Å²) in [6.07, 6.45) is 6.13. The van der Waals surface area contributed by atoms with E-state index in [1.54, 1.807) is 0 Å². The third kappa shape index (κ3) is 2.46. The van der Waals surface area contributed by atoms with E-state index in [2.05, 4.69) is 0 Å². The Morgan fingerprint density at radius 2 is 1.92 bits per heavy atom. The minimum absolute atomic E-state index is 0.105. The molecule has 0 bridgehead atoms. The minimum Gasteiger partial charge on any atom is -0.396 e. The predicted octanol–water partition coefficient (Wildman–Crippen LogP) is 1.97. The first-order valence-electron chi connectivity index (χ1n) is 5.01. The van der Waals surface area contributed by atoms with Gasteiger partial charge in [-0.05, 0) is 19.8 Å². The van der Waals surface area contributed by atoms with Crippen LogP contribution in [0.4, 0.5) is 0 Å². The first-order chi connectivity index (χ1) is 5.83. The highest BCUT2D eigenvalue weighted by Crippen LogP contribution is 2.35. The monoisotopic (exact) mass is 172 g/mol. The largest absolute Gasteiger partial charge is 0.396 e. The van der Waals surface area contributed by atoms with E-state index in [4.69, 9.17) is 4.74 Å². The molecule has 2 heteroatoms. The van der Waals surface area contributed by atoms with Crippen LogP contribution >= 0.6 is 0 Å². The zero-order chi connectivity index (χ0) is 8.86. The van der Waals surface area contributed by atoms with Gasteiger partial charge in [0.2, 0.25) is 0 Å². The molecule has 0 radical (unpaired) electrons. The summed E-state index contributed by atoms with van der Waals surface area (Å²) in [6, 6.07) is 0. The Hall–Kier alpha value is -0.0800. The van der Waals surface area contributed by atoms with Crippen LogP contribution < -0.4 is 0 Å². The lowest BCUT2D eigenvalue weighted by atomic mass is 9.75. The maximum Gasteiger partial charge on any atom is 0.0544 e. The lowest BCUT2D eigenvalue weighted by Gasteiger charge is -2.35. The van der Waals surface area contributed by atoms with Crippen LogP contribution in [0.5, 0.6) is 0 Å². The second-order valence-electron chi connectivity index (χ2n) is 3.86. The fourth-order valence-electron chi connectivity index (χ4n) is 1.97. The molecule has 12 heavy (non-hydrogen) atoms. The number of ether oxygens (including phenoxy) is 1. The molecular weight excluding hydrogens is 152 g/mol. The normalized spacial score (nSPS) is 22.5. The summed E-state index contributed by atoms with van der Waals surface area (Å²) in [5.74, 6) is 0. The van der Waals surface area contributed by atoms with Crippen LogP contribution in [0, 0.1) is 5.41 Å². The van der Waals surface area contributed by atoms with Gasteiger partial charge in [0, 0.05) is 12.0 Å². The van der Waals surface area contributed by atoms with Crippen LogP contribution in [-0.2, 0) is 4.74 Å². The molecule has 1 aliphatic rings. The molecule has 1 fully saturated rings. The van der Waals surface area contributed by atoms with Gasteiger partial charge in [-0.25, -0.2) is 0 Å². The zero-order valence-electron chi connectivity index (χ0n) is 8.01. The van der Waals surface area contributed by atoms with E-state index in [0.29, 0.717) is 6.61 Å². The van der Waals surface area contributed by atoms with Crippen LogP contribution in [-0.4, -0.2) is 24.9 Å². The molecular formula is C10H20O2. The highest BCUT2D eigenvalue weighted by atomic mass is 16.5. The Kier molecular flexibility index (Phi) is 4.02. The minimum atomic E-state index is 0.105. The van der Waals surface area contributed by atoms with E-state index in [1.807, 2.05) is 6.92 Å². The Labute approximate surface area is 74.9 Å². The van der Waals surface area contributed by atoms with E-state index < -0.39 is 0 Å². The molecule has 1 N–H and O–H groups in total. The highest BCUT2D eigenvalue weighted by molar-refractivity contribution is 4.81. The fraction of sp³-hybridized carbons (Fsp3) is 1.00. The van der Waals surface area contributed by atoms with Gasteiger partial charge in [-0.1, -0.05) is 19.3 Å². The summed E-state index contributed by atoms with van der Waals surface area (Å²) in [4.78, 5) is 0. The summed E-state index contributed by atoms with van der Waals surface area (Å²) < 4.78 is 5.41. The number of hydrogen-bond acceptors (Lipinski definition) is 2. The molecule has 0 heterocycles. The van der Waals surface area contributed by atoms with Crippen LogP contribution in [0.15, 0.2) is 0 Å². The summed E-state index contributed by atoms with van der Waals surface area (Å²) in [5, 5.41) is 9.29. The number of hydrogen-bond donors (Lipinski definition) is 1. The topological polar surface area (TPSA) is 29.5 Å². The van der Waals surface area contributed by atoms with Crippen molar-refractivity contribution in [2.24, 2.45) is 5.41 Å². The number of aliphatic hydroxyl groups excluding tert-OH is 1. The van der Waals surface area contributed by atoms with Gasteiger partial charge in [0.1, 0.15) is 0 Å². The molecule has 1 rings (SSSR count). The summed E-state index contributed by atoms with van der Waals surface area (Å²) in [5.41, 5.74) is 0.105. The van der Waals surface area contributed by atoms with Gasteiger partial charge in [-0.3, -0.25) is 0 Å². The molecule has 0 amide bonds. The maximum absolute atomic E-state index is 9.29. The molecule has 1 saturated carbocycles. The average molecular weight is 172 g/mol. The molecule has 0 aromatic carbocycles. The highest BCUT2D eigenvalue weighted by Gasteiger charge is 2.31. The van der Waals surface area contributed by atoms with Crippen LogP contribution in [0.3, 0.4) is 0 Å². The summed E-state index contributed by atoms with van der Waals surface area (Å²) in [6.45, 7) is 3.82. The van der Waals surface area contributed by atoms with Crippen molar-refractivity contribution in [1.29, 1.82) is 0 Å². The van der Waals surface area contributed by atoms with Gasteiger partial charge in [-0.15, -0.1) is 0 Å². The van der Waals surface area contributed by atoms with Gasteiger partial charge < -0.3 is 9.84 Å². The van der Waals surface area contributed by atoms with Gasteiger partial charge >= 0.3 is 0 Å². The van der Waals surface area contributed by atoms with Gasteiger partial charge in [0.15, 0.2) is 0 Å². The van der Waals surface area contributed by atoms with E-state index in [0.717, 1.165) is 26.1 Å². The van der Waals surface area contributed by atoms with E-state index >= 15 is 0 Å². The lowest BCUT2D eigenvalue weighted by molar-refractivity contribution is -0.0123. The molecule has 1 aliphatic carbocycles. The Bertz CT molecular complexity index is 117. The molecule has 0 aromatic rings. The van der Waals surface area contributed by atoms with Gasteiger partial charge in [0.25, 0.3) is 0 Å². The van der Waals surface area contributed by atoms with Crippen molar-refractivity contribution < 1.29 is 9.84 Å². The quantitative estimate of drug-likeness (QED) is 0.702. The Morgan fingerprint density at radius 3 is 2.42 bits per heavy atom. The summed E-state index contributed by atoms with van der Waals surface area (Å²) in [7, 11) is 0. The van der Waals surface area contributed by atoms with Crippen molar-refractivity contribution in [2.75, 3.05) is 19.8 Å². The second-order valence-corrected chi connectivity index (χ2v) is 3.86. The molecule has 0 aliphatic heterocycles. The molecule has 0 aromatic heterocycles. The number of rotatable bonds is 4. The SMILES string of the molecule is CCOCC1(CO)CCCCC1. The second kappa shape index (κ2) is 4.83. The van der Waals surface area contributed by atoms with E-state index in [9.17, 15) is 5.11 Å². The smallest absolute Gasteiger partial charge is 0.0544 e. The first kappa shape index (κ1) is 10.0. The Morgan fingerprint density at radius 1 is 1.25 bits per heavy atom. The zero-order valence-corrected chi connectivity index (χ0v) is 8.01. The summed E-state index contributed by atoms with van der Waals surface area (Å²) >= 11 is 0. The van der Waals surface area contributed by atoms with Crippen molar-refractivity contribution >= 4 is 0 Å². The molecule has 0 unspecified atom stereocenters.